The van der Waals surface area contributed by atoms with Crippen LogP contribution < -0.4 is 10.1 Å². The van der Waals surface area contributed by atoms with Gasteiger partial charge in [-0.05, 0) is 43.0 Å². The van der Waals surface area contributed by atoms with E-state index >= 15 is 0 Å². The number of aromatic hydroxyl groups is 1. The Kier molecular flexibility index (Phi) is 5.69. The van der Waals surface area contributed by atoms with Gasteiger partial charge >= 0.3 is 6.09 Å². The summed E-state index contributed by atoms with van der Waals surface area (Å²) in [6.45, 7) is 0.632. The molecule has 1 saturated carbocycles. The van der Waals surface area contributed by atoms with Gasteiger partial charge in [0.15, 0.2) is 5.82 Å². The number of hydrogen-bond donors (Lipinski definition) is 3. The molecule has 1 aromatic carbocycles. The molecule has 0 atom stereocenters. The van der Waals surface area contributed by atoms with Crippen molar-refractivity contribution in [2.45, 2.75) is 32.1 Å². The van der Waals surface area contributed by atoms with E-state index in [1.807, 2.05) is 6.07 Å². The number of carbonyl (C=O) groups excluding carboxylic acids is 1. The summed E-state index contributed by atoms with van der Waals surface area (Å²) in [7, 11) is 0. The second-order valence-electron chi connectivity index (χ2n) is 7.25. The summed E-state index contributed by atoms with van der Waals surface area (Å²) >= 11 is 0. The molecule has 4 rings (SSSR count). The van der Waals surface area contributed by atoms with Crippen molar-refractivity contribution in [3.8, 4) is 34.0 Å². The van der Waals surface area contributed by atoms with E-state index in [-0.39, 0.29) is 5.75 Å². The highest BCUT2D eigenvalue weighted by molar-refractivity contribution is 5.76. The first-order valence-corrected chi connectivity index (χ1v) is 9.79. The number of H-pyrrole nitrogens is 1. The van der Waals surface area contributed by atoms with Gasteiger partial charge in [-0.15, -0.1) is 0 Å². The Morgan fingerprint density at radius 3 is 2.79 bits per heavy atom. The predicted molar refractivity (Wildman–Crippen MR) is 107 cm³/mol. The van der Waals surface area contributed by atoms with E-state index in [1.54, 1.807) is 24.5 Å². The van der Waals surface area contributed by atoms with Gasteiger partial charge in [-0.2, -0.15) is 5.10 Å². The SMILES string of the molecule is O=C(NCC1CCCCC1)Oc1ccc(O)c(-c2cncc(-c3ncn[nH]3)c2)c1. The first-order valence-electron chi connectivity index (χ1n) is 9.79. The van der Waals surface area contributed by atoms with Crippen LogP contribution in [0.5, 0.6) is 11.5 Å². The van der Waals surface area contributed by atoms with Crippen LogP contribution >= 0.6 is 0 Å². The van der Waals surface area contributed by atoms with Crippen LogP contribution in [0.4, 0.5) is 4.79 Å². The molecule has 2 heterocycles. The molecule has 0 unspecified atom stereocenters. The second-order valence-corrected chi connectivity index (χ2v) is 7.25. The van der Waals surface area contributed by atoms with E-state index < -0.39 is 6.09 Å². The van der Waals surface area contributed by atoms with Crippen LogP contribution in [0.2, 0.25) is 0 Å². The monoisotopic (exact) mass is 393 g/mol. The first-order chi connectivity index (χ1) is 14.2. The minimum Gasteiger partial charge on any atom is -0.507 e. The molecule has 3 aromatic rings. The fourth-order valence-corrected chi connectivity index (χ4v) is 3.63. The lowest BCUT2D eigenvalue weighted by Gasteiger charge is -2.21. The summed E-state index contributed by atoms with van der Waals surface area (Å²) in [6.07, 6.45) is 10.2. The number of nitrogens with zero attached hydrogens (tertiary/aromatic N) is 3. The van der Waals surface area contributed by atoms with Crippen molar-refractivity contribution in [3.05, 3.63) is 43.0 Å². The number of phenols is 1. The van der Waals surface area contributed by atoms with E-state index in [2.05, 4.69) is 25.5 Å². The third kappa shape index (κ3) is 4.71. The number of ether oxygens (including phenoxy) is 1. The topological polar surface area (TPSA) is 113 Å². The lowest BCUT2D eigenvalue weighted by Crippen LogP contribution is -2.32. The Morgan fingerprint density at radius 1 is 1.17 bits per heavy atom. The van der Waals surface area contributed by atoms with Gasteiger partial charge in [0.2, 0.25) is 0 Å². The third-order valence-corrected chi connectivity index (χ3v) is 5.18. The normalized spacial score (nSPS) is 14.5. The Labute approximate surface area is 168 Å². The molecule has 8 heteroatoms. The van der Waals surface area contributed by atoms with E-state index in [4.69, 9.17) is 4.74 Å². The molecule has 0 bridgehead atoms. The number of aromatic amines is 1. The van der Waals surface area contributed by atoms with Crippen LogP contribution in [0.25, 0.3) is 22.5 Å². The molecular formula is C21H23N5O3. The number of hydrogen-bond acceptors (Lipinski definition) is 6. The summed E-state index contributed by atoms with van der Waals surface area (Å²) in [5.41, 5.74) is 1.91. The number of nitrogens with one attached hydrogen (secondary N) is 2. The van der Waals surface area contributed by atoms with E-state index in [9.17, 15) is 9.90 Å². The maximum Gasteiger partial charge on any atom is 0.412 e. The molecule has 2 aromatic heterocycles. The van der Waals surface area contributed by atoms with E-state index in [0.29, 0.717) is 35.2 Å². The zero-order valence-electron chi connectivity index (χ0n) is 16.0. The molecule has 8 nitrogen and oxygen atoms in total. The molecule has 3 N–H and O–H groups in total. The lowest BCUT2D eigenvalue weighted by atomic mass is 9.89. The third-order valence-electron chi connectivity index (χ3n) is 5.18. The maximum absolute atomic E-state index is 12.2. The average Bonchev–Trinajstić information content (AvgIpc) is 3.30. The van der Waals surface area contributed by atoms with Crippen molar-refractivity contribution in [2.75, 3.05) is 6.54 Å². The maximum atomic E-state index is 12.2. The van der Waals surface area contributed by atoms with Gasteiger partial charge in [-0.3, -0.25) is 10.1 Å². The zero-order valence-corrected chi connectivity index (χ0v) is 16.0. The van der Waals surface area contributed by atoms with Gasteiger partial charge in [0.1, 0.15) is 17.8 Å². The van der Waals surface area contributed by atoms with E-state index in [0.717, 1.165) is 18.4 Å². The van der Waals surface area contributed by atoms with Crippen molar-refractivity contribution in [1.29, 1.82) is 0 Å². The highest BCUT2D eigenvalue weighted by Gasteiger charge is 2.16. The van der Waals surface area contributed by atoms with Crippen molar-refractivity contribution >= 4 is 6.09 Å². The lowest BCUT2D eigenvalue weighted by molar-refractivity contribution is 0.196. The zero-order chi connectivity index (χ0) is 20.1. The van der Waals surface area contributed by atoms with Crippen molar-refractivity contribution in [3.63, 3.8) is 0 Å². The summed E-state index contributed by atoms with van der Waals surface area (Å²) in [6, 6.07) is 6.51. The van der Waals surface area contributed by atoms with Gasteiger partial charge < -0.3 is 15.2 Å². The molecule has 0 aliphatic heterocycles. The predicted octanol–water partition coefficient (Wildman–Crippen LogP) is 3.91. The number of aromatic nitrogens is 4. The smallest absolute Gasteiger partial charge is 0.412 e. The van der Waals surface area contributed by atoms with Crippen molar-refractivity contribution in [2.24, 2.45) is 5.92 Å². The first kappa shape index (κ1) is 18.9. The van der Waals surface area contributed by atoms with Gasteiger partial charge in [0.25, 0.3) is 0 Å². The van der Waals surface area contributed by atoms with Crippen LogP contribution in [0.15, 0.2) is 43.0 Å². The Balaban J connectivity index is 1.46. The van der Waals surface area contributed by atoms with Gasteiger partial charge in [-0.25, -0.2) is 9.78 Å². The molecule has 29 heavy (non-hydrogen) atoms. The Morgan fingerprint density at radius 2 is 2.00 bits per heavy atom. The highest BCUT2D eigenvalue weighted by Crippen LogP contribution is 2.33. The molecule has 0 spiro atoms. The van der Waals surface area contributed by atoms with Gasteiger partial charge in [-0.1, -0.05) is 19.3 Å². The Bertz CT molecular complexity index is 968. The molecule has 1 aliphatic rings. The van der Waals surface area contributed by atoms with Crippen molar-refractivity contribution in [1.82, 2.24) is 25.5 Å². The number of rotatable bonds is 5. The summed E-state index contributed by atoms with van der Waals surface area (Å²) in [5, 5.41) is 19.8. The fourth-order valence-electron chi connectivity index (χ4n) is 3.63. The molecule has 1 amide bonds. The van der Waals surface area contributed by atoms with Crippen molar-refractivity contribution < 1.29 is 14.6 Å². The van der Waals surface area contributed by atoms with Crippen LogP contribution in [-0.4, -0.2) is 37.9 Å². The average molecular weight is 393 g/mol. The molecular weight excluding hydrogens is 370 g/mol. The summed E-state index contributed by atoms with van der Waals surface area (Å²) in [4.78, 5) is 20.5. The van der Waals surface area contributed by atoms with Crippen LogP contribution in [0.3, 0.4) is 0 Å². The summed E-state index contributed by atoms with van der Waals surface area (Å²) < 4.78 is 5.41. The van der Waals surface area contributed by atoms with Crippen LogP contribution in [0.1, 0.15) is 32.1 Å². The fraction of sp³-hybridized carbons (Fsp3) is 0.333. The van der Waals surface area contributed by atoms with Crippen LogP contribution in [0, 0.1) is 5.92 Å². The largest absolute Gasteiger partial charge is 0.507 e. The van der Waals surface area contributed by atoms with E-state index in [1.165, 1.54) is 31.7 Å². The number of benzene rings is 1. The Hall–Kier alpha value is -3.42. The molecule has 0 saturated heterocycles. The quantitative estimate of drug-likeness (QED) is 0.606. The molecule has 0 radical (unpaired) electrons. The molecule has 1 aliphatic carbocycles. The number of phenolic OH excluding ortho intramolecular Hbond substituents is 1. The van der Waals surface area contributed by atoms with Crippen LogP contribution in [-0.2, 0) is 0 Å². The highest BCUT2D eigenvalue weighted by atomic mass is 16.6. The minimum atomic E-state index is -0.485. The molecule has 150 valence electrons. The molecule has 1 fully saturated rings. The number of carbonyl (C=O) groups is 1. The second kappa shape index (κ2) is 8.72. The van der Waals surface area contributed by atoms with Gasteiger partial charge in [0, 0.05) is 35.6 Å². The van der Waals surface area contributed by atoms with Gasteiger partial charge in [0.05, 0.1) is 0 Å². The summed E-state index contributed by atoms with van der Waals surface area (Å²) in [5.74, 6) is 1.52. The number of pyridine rings is 1. The number of amides is 1. The standard InChI is InChI=1S/C21H23N5O3/c27-19-7-6-17(29-21(28)23-10-14-4-2-1-3-5-14)9-18(19)15-8-16(12-22-11-15)20-24-13-25-26-20/h6-9,11-14,27H,1-5,10H2,(H,23,28)(H,24,25,26). The minimum absolute atomic E-state index is 0.0662.